The molecule has 26 heavy (non-hydrogen) atoms. The molecule has 2 aromatic heterocycles. The molecule has 1 fully saturated rings. The summed E-state index contributed by atoms with van der Waals surface area (Å²) in [4.78, 5) is 16.9. The quantitative estimate of drug-likeness (QED) is 0.870. The minimum Gasteiger partial charge on any atom is -0.444 e. The van der Waals surface area contributed by atoms with Crippen LogP contribution in [0.25, 0.3) is 11.5 Å². The lowest BCUT2D eigenvalue weighted by atomic mass is 9.97. The van der Waals surface area contributed by atoms with E-state index >= 15 is 0 Å². The van der Waals surface area contributed by atoms with Crippen molar-refractivity contribution >= 4 is 17.7 Å². The first-order chi connectivity index (χ1) is 12.1. The van der Waals surface area contributed by atoms with Crippen LogP contribution >= 0.6 is 11.6 Å². The minimum atomic E-state index is -0.688. The summed E-state index contributed by atoms with van der Waals surface area (Å²) in [7, 11) is 1.75. The van der Waals surface area contributed by atoms with Crippen molar-refractivity contribution < 1.29 is 14.1 Å². The molecule has 1 saturated carbocycles. The topological polar surface area (TPSA) is 95.1 Å². The Morgan fingerprint density at radius 1 is 1.35 bits per heavy atom. The Bertz CT molecular complexity index is 815. The fraction of sp³-hybridized carbons (Fsp3) is 0.647. The number of halogens is 1. The molecule has 142 valence electrons. The van der Waals surface area contributed by atoms with Crippen LogP contribution in [0.4, 0.5) is 4.79 Å². The van der Waals surface area contributed by atoms with Crippen molar-refractivity contribution in [1.82, 2.24) is 25.2 Å². The monoisotopic (exact) mass is 381 g/mol. The summed E-state index contributed by atoms with van der Waals surface area (Å²) in [6.45, 7) is 7.31. The van der Waals surface area contributed by atoms with Crippen LogP contribution in [0.5, 0.6) is 0 Å². The number of aryl methyl sites for hydroxylation is 2. The van der Waals surface area contributed by atoms with Gasteiger partial charge in [-0.25, -0.2) is 4.79 Å². The predicted octanol–water partition coefficient (Wildman–Crippen LogP) is 3.73. The molecule has 3 rings (SSSR count). The van der Waals surface area contributed by atoms with Crippen LogP contribution in [0.15, 0.2) is 4.52 Å². The molecule has 0 aliphatic heterocycles. The number of nitrogens with one attached hydrogen (secondary N) is 1. The lowest BCUT2D eigenvalue weighted by Crippen LogP contribution is -2.46. The highest BCUT2D eigenvalue weighted by Crippen LogP contribution is 2.39. The summed E-state index contributed by atoms with van der Waals surface area (Å²) in [5.41, 5.74) is 0.0471. The van der Waals surface area contributed by atoms with Gasteiger partial charge in [0.1, 0.15) is 16.3 Å². The molecule has 1 N–H and O–H groups in total. The van der Waals surface area contributed by atoms with Crippen molar-refractivity contribution in [3.05, 3.63) is 16.7 Å². The summed E-state index contributed by atoms with van der Waals surface area (Å²) in [5.74, 6) is 0.739. The zero-order valence-electron chi connectivity index (χ0n) is 15.7. The maximum atomic E-state index is 12.3. The zero-order valence-corrected chi connectivity index (χ0v) is 16.5. The molecule has 0 spiro atoms. The fourth-order valence-electron chi connectivity index (χ4n) is 3.27. The van der Waals surface area contributed by atoms with E-state index in [1.807, 2.05) is 27.7 Å². The van der Waals surface area contributed by atoms with E-state index in [0.717, 1.165) is 25.7 Å². The number of amides is 1. The molecule has 0 saturated heterocycles. The van der Waals surface area contributed by atoms with Crippen LogP contribution < -0.4 is 5.32 Å². The molecule has 2 aromatic rings. The van der Waals surface area contributed by atoms with Gasteiger partial charge in [0.25, 0.3) is 5.89 Å². The first kappa shape index (κ1) is 18.7. The molecule has 2 heterocycles. The van der Waals surface area contributed by atoms with Gasteiger partial charge >= 0.3 is 6.09 Å². The molecule has 0 unspecified atom stereocenters. The molecule has 9 heteroatoms. The van der Waals surface area contributed by atoms with Crippen LogP contribution in [0.1, 0.15) is 58.0 Å². The van der Waals surface area contributed by atoms with E-state index in [-0.39, 0.29) is 0 Å². The van der Waals surface area contributed by atoms with Crippen molar-refractivity contribution in [3.8, 4) is 11.5 Å². The van der Waals surface area contributed by atoms with Gasteiger partial charge in [-0.15, -0.1) is 0 Å². The number of carbonyl (C=O) groups excluding carboxylic acids is 1. The second kappa shape index (κ2) is 6.57. The van der Waals surface area contributed by atoms with Crippen molar-refractivity contribution in [3.63, 3.8) is 0 Å². The van der Waals surface area contributed by atoms with E-state index in [1.165, 1.54) is 0 Å². The summed E-state index contributed by atoms with van der Waals surface area (Å²) in [6, 6.07) is 0. The number of hydrogen-bond acceptors (Lipinski definition) is 6. The van der Waals surface area contributed by atoms with Gasteiger partial charge in [0, 0.05) is 7.05 Å². The second-order valence-electron chi connectivity index (χ2n) is 7.71. The van der Waals surface area contributed by atoms with E-state index < -0.39 is 17.2 Å². The highest BCUT2D eigenvalue weighted by atomic mass is 35.5. The number of alkyl carbamates (subject to hydrolysis) is 1. The highest BCUT2D eigenvalue weighted by Gasteiger charge is 2.42. The van der Waals surface area contributed by atoms with Crippen LogP contribution in [-0.2, 0) is 17.3 Å². The number of nitrogens with zero attached hydrogens (tertiary/aromatic N) is 4. The Hall–Kier alpha value is -2.09. The molecular weight excluding hydrogens is 358 g/mol. The Balaban J connectivity index is 1.90. The Kier molecular flexibility index (Phi) is 4.72. The van der Waals surface area contributed by atoms with Gasteiger partial charge in [0.15, 0.2) is 5.82 Å². The van der Waals surface area contributed by atoms with Gasteiger partial charge in [-0.3, -0.25) is 4.68 Å². The van der Waals surface area contributed by atoms with Gasteiger partial charge < -0.3 is 14.6 Å². The SMILES string of the molecule is Cc1nn(C)c(Cl)c1-c1nc(C2(NC(=O)OC(C)(C)C)CCCC2)no1. The van der Waals surface area contributed by atoms with Crippen molar-refractivity contribution in [2.24, 2.45) is 7.05 Å². The van der Waals surface area contributed by atoms with E-state index in [4.69, 9.17) is 20.9 Å². The number of carbonyl (C=O) groups is 1. The fourth-order valence-corrected chi connectivity index (χ4v) is 3.53. The summed E-state index contributed by atoms with van der Waals surface area (Å²) in [5, 5.41) is 11.8. The average Bonchev–Trinajstić information content (AvgIpc) is 3.19. The molecule has 0 radical (unpaired) electrons. The molecule has 1 amide bonds. The zero-order chi connectivity index (χ0) is 19.1. The Labute approximate surface area is 157 Å². The van der Waals surface area contributed by atoms with Crippen LogP contribution in [0.2, 0.25) is 5.15 Å². The van der Waals surface area contributed by atoms with Gasteiger partial charge in [0.05, 0.1) is 11.3 Å². The molecule has 0 bridgehead atoms. The van der Waals surface area contributed by atoms with E-state index in [0.29, 0.717) is 28.1 Å². The lowest BCUT2D eigenvalue weighted by Gasteiger charge is -2.28. The minimum absolute atomic E-state index is 0.299. The second-order valence-corrected chi connectivity index (χ2v) is 8.07. The molecular formula is C17H24ClN5O3. The van der Waals surface area contributed by atoms with Crippen LogP contribution in [0, 0.1) is 6.92 Å². The van der Waals surface area contributed by atoms with E-state index in [1.54, 1.807) is 11.7 Å². The van der Waals surface area contributed by atoms with Gasteiger partial charge in [-0.2, -0.15) is 10.1 Å². The standard InChI is InChI=1S/C17H24ClN5O3/c1-10-11(12(18)23(5)21-10)13-19-14(22-26-13)17(8-6-7-9-17)20-15(24)25-16(2,3)4/h6-9H2,1-5H3,(H,20,24). The average molecular weight is 382 g/mol. The molecule has 1 aliphatic rings. The maximum absolute atomic E-state index is 12.3. The first-order valence-electron chi connectivity index (χ1n) is 8.66. The Morgan fingerprint density at radius 2 is 2.00 bits per heavy atom. The number of ether oxygens (including phenoxy) is 1. The normalized spacial score (nSPS) is 16.7. The smallest absolute Gasteiger partial charge is 0.408 e. The van der Waals surface area contributed by atoms with E-state index in [9.17, 15) is 4.79 Å². The number of hydrogen-bond donors (Lipinski definition) is 1. The van der Waals surface area contributed by atoms with Crippen molar-refractivity contribution in [1.29, 1.82) is 0 Å². The third kappa shape index (κ3) is 3.56. The third-order valence-corrected chi connectivity index (χ3v) is 4.85. The largest absolute Gasteiger partial charge is 0.444 e. The van der Waals surface area contributed by atoms with Crippen LogP contribution in [-0.4, -0.2) is 31.6 Å². The summed E-state index contributed by atoms with van der Waals surface area (Å²) in [6.07, 6.45) is 2.90. The molecule has 1 aliphatic carbocycles. The van der Waals surface area contributed by atoms with Crippen molar-refractivity contribution in [2.75, 3.05) is 0 Å². The molecule has 0 atom stereocenters. The molecule has 0 aromatic carbocycles. The molecule has 8 nitrogen and oxygen atoms in total. The van der Waals surface area contributed by atoms with Gasteiger partial charge in [0.2, 0.25) is 0 Å². The number of rotatable bonds is 3. The van der Waals surface area contributed by atoms with Gasteiger partial charge in [-0.05, 0) is 40.5 Å². The van der Waals surface area contributed by atoms with Crippen molar-refractivity contribution in [2.45, 2.75) is 64.5 Å². The summed E-state index contributed by atoms with van der Waals surface area (Å²) < 4.78 is 12.4. The summed E-state index contributed by atoms with van der Waals surface area (Å²) >= 11 is 6.29. The highest BCUT2D eigenvalue weighted by molar-refractivity contribution is 6.32. The Morgan fingerprint density at radius 3 is 2.54 bits per heavy atom. The first-order valence-corrected chi connectivity index (χ1v) is 9.04. The van der Waals surface area contributed by atoms with Gasteiger partial charge in [-0.1, -0.05) is 29.6 Å². The van der Waals surface area contributed by atoms with E-state index in [2.05, 4.69) is 20.6 Å². The lowest BCUT2D eigenvalue weighted by molar-refractivity contribution is 0.0446. The van der Waals surface area contributed by atoms with Crippen LogP contribution in [0.3, 0.4) is 0 Å². The number of aromatic nitrogens is 4. The predicted molar refractivity (Wildman–Crippen MR) is 95.8 cm³/mol. The third-order valence-electron chi connectivity index (χ3n) is 4.42. The maximum Gasteiger partial charge on any atom is 0.408 e.